The highest BCUT2D eigenvalue weighted by molar-refractivity contribution is 9.10. The molecule has 5 heteroatoms. The average Bonchev–Trinajstić information content (AvgIpc) is 2.79. The van der Waals surface area contributed by atoms with Crippen molar-refractivity contribution in [3.8, 4) is 17.0 Å². The van der Waals surface area contributed by atoms with Crippen molar-refractivity contribution < 1.29 is 4.74 Å². The van der Waals surface area contributed by atoms with E-state index in [4.69, 9.17) is 9.72 Å². The van der Waals surface area contributed by atoms with Gasteiger partial charge in [0.25, 0.3) is 0 Å². The Hall–Kier alpha value is -1.49. The number of hydrogen-bond acceptors (Lipinski definition) is 3. The Kier molecular flexibility index (Phi) is 3.70. The highest BCUT2D eigenvalue weighted by atomic mass is 79.9. The number of fused-ring (bicyclic) bond motifs is 1. The van der Waals surface area contributed by atoms with Crippen LogP contribution in [0.15, 0.2) is 22.8 Å². The molecule has 0 saturated heterocycles. The molecule has 0 amide bonds. The van der Waals surface area contributed by atoms with Gasteiger partial charge < -0.3 is 14.6 Å². The van der Waals surface area contributed by atoms with Gasteiger partial charge in [0, 0.05) is 18.7 Å². The number of hydrogen-bond donors (Lipinski definition) is 1. The third kappa shape index (κ3) is 2.30. The summed E-state index contributed by atoms with van der Waals surface area (Å²) >= 11 is 3.68. The van der Waals surface area contributed by atoms with Gasteiger partial charge in [-0.2, -0.15) is 0 Å². The number of anilines is 1. The van der Waals surface area contributed by atoms with Crippen LogP contribution in [-0.2, 0) is 6.54 Å². The van der Waals surface area contributed by atoms with E-state index in [1.165, 1.54) is 0 Å². The average molecular weight is 336 g/mol. The number of halogens is 1. The molecule has 20 heavy (non-hydrogen) atoms. The first kappa shape index (κ1) is 13.5. The molecule has 0 fully saturated rings. The molecule has 3 rings (SSSR count). The number of nitrogens with zero attached hydrogens (tertiary/aromatic N) is 2. The lowest BCUT2D eigenvalue weighted by Crippen LogP contribution is -2.17. The Labute approximate surface area is 127 Å². The molecule has 1 aliphatic rings. The van der Waals surface area contributed by atoms with Gasteiger partial charge in [-0.15, -0.1) is 0 Å². The molecule has 0 unspecified atom stereocenters. The van der Waals surface area contributed by atoms with Crippen LogP contribution in [0.4, 0.5) is 5.95 Å². The lowest BCUT2D eigenvalue weighted by Gasteiger charge is -2.15. The summed E-state index contributed by atoms with van der Waals surface area (Å²) in [6.07, 6.45) is 1.13. The van der Waals surface area contributed by atoms with Crippen molar-refractivity contribution in [2.24, 2.45) is 0 Å². The maximum atomic E-state index is 5.59. The van der Waals surface area contributed by atoms with Crippen molar-refractivity contribution in [3.63, 3.8) is 0 Å². The molecule has 0 saturated carbocycles. The molecule has 0 spiro atoms. The Bertz CT molecular complexity index is 636. The standard InChI is InChI=1S/C15H18BrN3O/c1-3-20-12-6-5-11(9-10(12)2)13-14(16)19-8-4-7-17-15(19)18-13/h5-6,9H,3-4,7-8H2,1-2H3,(H,17,18). The molecule has 0 radical (unpaired) electrons. The van der Waals surface area contributed by atoms with E-state index in [9.17, 15) is 0 Å². The smallest absolute Gasteiger partial charge is 0.204 e. The van der Waals surface area contributed by atoms with Crippen LogP contribution in [0.2, 0.25) is 0 Å². The largest absolute Gasteiger partial charge is 0.494 e. The summed E-state index contributed by atoms with van der Waals surface area (Å²) in [5.41, 5.74) is 3.23. The third-order valence-corrected chi connectivity index (χ3v) is 4.30. The number of aryl methyl sites for hydroxylation is 1. The molecule has 2 aromatic rings. The Morgan fingerprint density at radius 1 is 1.45 bits per heavy atom. The van der Waals surface area contributed by atoms with Gasteiger partial charge in [0.05, 0.1) is 6.61 Å². The molecule has 106 valence electrons. The van der Waals surface area contributed by atoms with Crippen molar-refractivity contribution in [2.45, 2.75) is 26.8 Å². The van der Waals surface area contributed by atoms with Crippen LogP contribution in [0.3, 0.4) is 0 Å². The van der Waals surface area contributed by atoms with Gasteiger partial charge in [-0.1, -0.05) is 0 Å². The number of imidazole rings is 1. The van der Waals surface area contributed by atoms with Crippen molar-refractivity contribution in [3.05, 3.63) is 28.4 Å². The number of rotatable bonds is 3. The molecule has 0 aliphatic carbocycles. The molecule has 0 bridgehead atoms. The normalized spacial score (nSPS) is 13.8. The summed E-state index contributed by atoms with van der Waals surface area (Å²) in [6.45, 7) is 6.75. The lowest BCUT2D eigenvalue weighted by atomic mass is 10.1. The second-order valence-electron chi connectivity index (χ2n) is 4.92. The zero-order valence-corrected chi connectivity index (χ0v) is 13.3. The molecular weight excluding hydrogens is 318 g/mol. The summed E-state index contributed by atoms with van der Waals surface area (Å²) in [5.74, 6) is 1.89. The minimum atomic E-state index is 0.687. The number of benzene rings is 1. The first-order chi connectivity index (χ1) is 9.70. The predicted molar refractivity (Wildman–Crippen MR) is 84.4 cm³/mol. The maximum absolute atomic E-state index is 5.59. The van der Waals surface area contributed by atoms with E-state index in [0.29, 0.717) is 6.61 Å². The lowest BCUT2D eigenvalue weighted by molar-refractivity contribution is 0.338. The molecule has 4 nitrogen and oxygen atoms in total. The van der Waals surface area contributed by atoms with Crippen molar-refractivity contribution in [2.75, 3.05) is 18.5 Å². The second kappa shape index (κ2) is 5.48. The molecule has 0 atom stereocenters. The van der Waals surface area contributed by atoms with E-state index in [1.807, 2.05) is 13.0 Å². The van der Waals surface area contributed by atoms with Gasteiger partial charge in [0.2, 0.25) is 5.95 Å². The van der Waals surface area contributed by atoms with Crippen LogP contribution in [0.5, 0.6) is 5.75 Å². The van der Waals surface area contributed by atoms with Crippen LogP contribution in [0.25, 0.3) is 11.3 Å². The molecule has 1 N–H and O–H groups in total. The van der Waals surface area contributed by atoms with E-state index in [0.717, 1.165) is 52.6 Å². The molecular formula is C15H18BrN3O. The van der Waals surface area contributed by atoms with Crippen LogP contribution >= 0.6 is 15.9 Å². The number of aromatic nitrogens is 2. The topological polar surface area (TPSA) is 39.1 Å². The minimum Gasteiger partial charge on any atom is -0.494 e. The Morgan fingerprint density at radius 2 is 2.30 bits per heavy atom. The second-order valence-corrected chi connectivity index (χ2v) is 5.67. The number of nitrogens with one attached hydrogen (secondary N) is 1. The Balaban J connectivity index is 2.01. The summed E-state index contributed by atoms with van der Waals surface area (Å²) in [7, 11) is 0. The van der Waals surface area contributed by atoms with Gasteiger partial charge in [0.15, 0.2) is 0 Å². The minimum absolute atomic E-state index is 0.687. The summed E-state index contributed by atoms with van der Waals surface area (Å²) < 4.78 is 8.82. The SMILES string of the molecule is CCOc1ccc(-c2nc3n(c2Br)CCCN3)cc1C. The summed E-state index contributed by atoms with van der Waals surface area (Å²) in [6, 6.07) is 6.22. The third-order valence-electron chi connectivity index (χ3n) is 3.50. The number of ether oxygens (including phenoxy) is 1. The highest BCUT2D eigenvalue weighted by Crippen LogP contribution is 2.34. The van der Waals surface area contributed by atoms with Gasteiger partial charge in [-0.25, -0.2) is 4.98 Å². The fraction of sp³-hybridized carbons (Fsp3) is 0.400. The van der Waals surface area contributed by atoms with E-state index < -0.39 is 0 Å². The van der Waals surface area contributed by atoms with Crippen LogP contribution in [0, 0.1) is 6.92 Å². The molecule has 1 aliphatic heterocycles. The van der Waals surface area contributed by atoms with Crippen LogP contribution < -0.4 is 10.1 Å². The van der Waals surface area contributed by atoms with E-state index in [2.05, 4.69) is 44.9 Å². The quantitative estimate of drug-likeness (QED) is 0.926. The Morgan fingerprint density at radius 3 is 3.00 bits per heavy atom. The fourth-order valence-corrected chi connectivity index (χ4v) is 3.17. The van der Waals surface area contributed by atoms with E-state index in [-0.39, 0.29) is 0 Å². The van der Waals surface area contributed by atoms with Gasteiger partial charge in [-0.05, 0) is 60.0 Å². The van der Waals surface area contributed by atoms with E-state index in [1.54, 1.807) is 0 Å². The van der Waals surface area contributed by atoms with Crippen LogP contribution in [-0.4, -0.2) is 22.7 Å². The van der Waals surface area contributed by atoms with Gasteiger partial charge >= 0.3 is 0 Å². The first-order valence-corrected chi connectivity index (χ1v) is 7.73. The van der Waals surface area contributed by atoms with Gasteiger partial charge in [-0.3, -0.25) is 0 Å². The maximum Gasteiger partial charge on any atom is 0.204 e. The first-order valence-electron chi connectivity index (χ1n) is 6.94. The molecule has 2 heterocycles. The zero-order chi connectivity index (χ0) is 14.1. The van der Waals surface area contributed by atoms with Gasteiger partial charge in [0.1, 0.15) is 16.0 Å². The predicted octanol–water partition coefficient (Wildman–Crippen LogP) is 3.84. The fourth-order valence-electron chi connectivity index (χ4n) is 2.51. The highest BCUT2D eigenvalue weighted by Gasteiger charge is 2.19. The van der Waals surface area contributed by atoms with Crippen molar-refractivity contribution in [1.82, 2.24) is 9.55 Å². The van der Waals surface area contributed by atoms with Crippen molar-refractivity contribution in [1.29, 1.82) is 0 Å². The van der Waals surface area contributed by atoms with Crippen molar-refractivity contribution >= 4 is 21.9 Å². The molecule has 1 aromatic carbocycles. The van der Waals surface area contributed by atoms with Crippen LogP contribution in [0.1, 0.15) is 18.9 Å². The zero-order valence-electron chi connectivity index (χ0n) is 11.7. The summed E-state index contributed by atoms with van der Waals surface area (Å²) in [5, 5.41) is 3.34. The molecule has 1 aromatic heterocycles. The van der Waals surface area contributed by atoms with E-state index >= 15 is 0 Å². The monoisotopic (exact) mass is 335 g/mol. The summed E-state index contributed by atoms with van der Waals surface area (Å²) in [4.78, 5) is 4.70.